The topological polar surface area (TPSA) is 46.2 Å². The molecule has 2 aliphatic rings. The fourth-order valence-corrected chi connectivity index (χ4v) is 2.79. The second kappa shape index (κ2) is 1.97. The van der Waals surface area contributed by atoms with Gasteiger partial charge in [-0.15, -0.1) is 0 Å². The van der Waals surface area contributed by atoms with Gasteiger partial charge in [0.15, 0.2) is 0 Å². The predicted molar refractivity (Wildman–Crippen MR) is 42.9 cm³/mol. The van der Waals surface area contributed by atoms with Crippen molar-refractivity contribution in [3.63, 3.8) is 0 Å². The van der Waals surface area contributed by atoms with Crippen LogP contribution in [-0.2, 0) is 0 Å². The summed E-state index contributed by atoms with van der Waals surface area (Å²) >= 11 is 0. The molecule has 64 valence electrons. The van der Waals surface area contributed by atoms with E-state index in [4.69, 9.17) is 5.73 Å². The third kappa shape index (κ3) is 0.916. The summed E-state index contributed by atoms with van der Waals surface area (Å²) in [6.45, 7) is 3.67. The Labute approximate surface area is 67.4 Å². The summed E-state index contributed by atoms with van der Waals surface area (Å²) in [6.07, 6.45) is 1.16. The third-order valence-corrected chi connectivity index (χ3v) is 3.45. The summed E-state index contributed by atoms with van der Waals surface area (Å²) < 4.78 is 1.04. The van der Waals surface area contributed by atoms with Crippen LogP contribution >= 0.6 is 0 Å². The molecule has 0 unspecified atom stereocenters. The number of hydrogen-bond acceptors (Lipinski definition) is 2. The number of nitrogens with zero attached hydrogens (tertiary/aromatic N) is 1. The molecule has 2 aliphatic heterocycles. The highest BCUT2D eigenvalue weighted by atomic mass is 16.3. The SMILES string of the molecule is C[N@@+]12CC[C@H](C1)[C@](O)(CN)C2. The molecule has 2 saturated heterocycles. The van der Waals surface area contributed by atoms with Crippen LogP contribution in [0.15, 0.2) is 0 Å². The van der Waals surface area contributed by atoms with Gasteiger partial charge in [0.1, 0.15) is 12.1 Å². The minimum Gasteiger partial charge on any atom is -0.382 e. The Morgan fingerprint density at radius 1 is 1.73 bits per heavy atom. The van der Waals surface area contributed by atoms with Crippen LogP contribution in [0.1, 0.15) is 6.42 Å². The molecule has 0 aromatic rings. The minimum absolute atomic E-state index is 0.436. The summed E-state index contributed by atoms with van der Waals surface area (Å²) in [5.41, 5.74) is 5.02. The summed E-state index contributed by atoms with van der Waals surface area (Å²) in [5.74, 6) is 0.470. The molecule has 2 rings (SSSR count). The van der Waals surface area contributed by atoms with Crippen molar-refractivity contribution < 1.29 is 9.59 Å². The first-order chi connectivity index (χ1) is 5.08. The Kier molecular flexibility index (Phi) is 1.35. The molecule has 3 nitrogen and oxygen atoms in total. The van der Waals surface area contributed by atoms with Gasteiger partial charge >= 0.3 is 0 Å². The van der Waals surface area contributed by atoms with Crippen LogP contribution in [0.2, 0.25) is 0 Å². The lowest BCUT2D eigenvalue weighted by Gasteiger charge is -2.33. The van der Waals surface area contributed by atoms with E-state index >= 15 is 0 Å². The Morgan fingerprint density at radius 3 is 2.73 bits per heavy atom. The Balaban J connectivity index is 2.21. The van der Waals surface area contributed by atoms with Crippen molar-refractivity contribution in [3.05, 3.63) is 0 Å². The van der Waals surface area contributed by atoms with Gasteiger partial charge < -0.3 is 15.3 Å². The van der Waals surface area contributed by atoms with E-state index in [0.29, 0.717) is 12.5 Å². The molecule has 0 aromatic heterocycles. The van der Waals surface area contributed by atoms with E-state index in [2.05, 4.69) is 7.05 Å². The molecule has 0 aliphatic carbocycles. The predicted octanol–water partition coefficient (Wildman–Crippen LogP) is -0.844. The molecule has 2 fully saturated rings. The number of piperidine rings is 1. The number of likely N-dealkylation sites (N-methyl/N-ethyl adjacent to an activating group) is 1. The largest absolute Gasteiger partial charge is 0.382 e. The fraction of sp³-hybridized carbons (Fsp3) is 1.00. The first-order valence-corrected chi connectivity index (χ1v) is 4.34. The van der Waals surface area contributed by atoms with Gasteiger partial charge in [-0.25, -0.2) is 0 Å². The molecule has 3 N–H and O–H groups in total. The van der Waals surface area contributed by atoms with Crippen molar-refractivity contribution >= 4 is 0 Å². The molecule has 0 aromatic carbocycles. The molecule has 3 atom stereocenters. The van der Waals surface area contributed by atoms with E-state index in [1.165, 1.54) is 6.54 Å². The summed E-state index contributed by atoms with van der Waals surface area (Å²) in [5, 5.41) is 10.0. The molecule has 0 amide bonds. The summed E-state index contributed by atoms with van der Waals surface area (Å²) in [7, 11) is 2.22. The normalized spacial score (nSPS) is 55.4. The van der Waals surface area contributed by atoms with Crippen LogP contribution in [0.25, 0.3) is 0 Å². The van der Waals surface area contributed by atoms with Gasteiger partial charge in [0, 0.05) is 18.9 Å². The van der Waals surface area contributed by atoms with Crippen molar-refractivity contribution in [1.29, 1.82) is 0 Å². The Morgan fingerprint density at radius 2 is 2.45 bits per heavy atom. The molecule has 11 heavy (non-hydrogen) atoms. The lowest BCUT2D eigenvalue weighted by atomic mass is 9.88. The molecule has 0 saturated carbocycles. The average molecular weight is 157 g/mol. The fourth-order valence-electron chi connectivity index (χ4n) is 2.79. The third-order valence-electron chi connectivity index (χ3n) is 3.45. The van der Waals surface area contributed by atoms with E-state index < -0.39 is 5.60 Å². The lowest BCUT2D eigenvalue weighted by Crippen LogP contribution is -2.53. The smallest absolute Gasteiger partial charge is 0.134 e. The van der Waals surface area contributed by atoms with Crippen LogP contribution in [-0.4, -0.2) is 48.4 Å². The average Bonchev–Trinajstić information content (AvgIpc) is 2.41. The van der Waals surface area contributed by atoms with E-state index in [1.54, 1.807) is 0 Å². The van der Waals surface area contributed by atoms with Crippen LogP contribution in [0, 0.1) is 5.92 Å². The van der Waals surface area contributed by atoms with Crippen LogP contribution in [0.3, 0.4) is 0 Å². The number of rotatable bonds is 1. The van der Waals surface area contributed by atoms with Gasteiger partial charge in [-0.2, -0.15) is 0 Å². The molecular weight excluding hydrogens is 140 g/mol. The molecule has 2 bridgehead atoms. The maximum absolute atomic E-state index is 10.0. The van der Waals surface area contributed by atoms with E-state index in [0.717, 1.165) is 24.0 Å². The zero-order valence-electron chi connectivity index (χ0n) is 7.08. The van der Waals surface area contributed by atoms with Crippen molar-refractivity contribution in [1.82, 2.24) is 0 Å². The van der Waals surface area contributed by atoms with E-state index in [-0.39, 0.29) is 0 Å². The van der Waals surface area contributed by atoms with Gasteiger partial charge in [0.2, 0.25) is 0 Å². The standard InChI is InChI=1S/C8H17N2O/c1-10-3-2-7(4-10)8(11,5-9)6-10/h7,11H,2-6,9H2,1H3/q+1/t7-,8+,10-/m1/s1. The van der Waals surface area contributed by atoms with Gasteiger partial charge in [0.05, 0.1) is 20.1 Å². The van der Waals surface area contributed by atoms with Gasteiger partial charge in [-0.3, -0.25) is 0 Å². The number of quaternary nitrogens is 1. The van der Waals surface area contributed by atoms with Crippen molar-refractivity contribution in [2.75, 3.05) is 33.2 Å². The number of fused-ring (bicyclic) bond motifs is 2. The number of aliphatic hydroxyl groups is 1. The highest BCUT2D eigenvalue weighted by Crippen LogP contribution is 2.40. The second-order valence-corrected chi connectivity index (χ2v) is 4.48. The van der Waals surface area contributed by atoms with Gasteiger partial charge in [-0.05, 0) is 0 Å². The Hall–Kier alpha value is -0.120. The first kappa shape index (κ1) is 7.53. The van der Waals surface area contributed by atoms with Crippen molar-refractivity contribution in [2.24, 2.45) is 11.7 Å². The van der Waals surface area contributed by atoms with Gasteiger partial charge in [0.25, 0.3) is 0 Å². The maximum atomic E-state index is 10.0. The minimum atomic E-state index is -0.535. The quantitative estimate of drug-likeness (QED) is 0.487. The molecular formula is C8H17N2O+. The zero-order valence-corrected chi connectivity index (χ0v) is 7.08. The number of nitrogens with two attached hydrogens (primary N) is 1. The molecule has 2 heterocycles. The Bertz CT molecular complexity index is 185. The molecule has 3 heteroatoms. The highest BCUT2D eigenvalue weighted by molar-refractivity contribution is 4.95. The number of hydrogen-bond donors (Lipinski definition) is 2. The monoisotopic (exact) mass is 157 g/mol. The molecule has 0 spiro atoms. The lowest BCUT2D eigenvalue weighted by molar-refractivity contribution is -0.893. The van der Waals surface area contributed by atoms with Crippen LogP contribution in [0.5, 0.6) is 0 Å². The van der Waals surface area contributed by atoms with Gasteiger partial charge in [-0.1, -0.05) is 0 Å². The molecule has 0 radical (unpaired) electrons. The first-order valence-electron chi connectivity index (χ1n) is 4.34. The highest BCUT2D eigenvalue weighted by Gasteiger charge is 2.56. The van der Waals surface area contributed by atoms with Crippen LogP contribution in [0.4, 0.5) is 0 Å². The van der Waals surface area contributed by atoms with E-state index in [1.807, 2.05) is 0 Å². The second-order valence-electron chi connectivity index (χ2n) is 4.48. The summed E-state index contributed by atoms with van der Waals surface area (Å²) in [6, 6.07) is 0. The van der Waals surface area contributed by atoms with E-state index in [9.17, 15) is 5.11 Å². The van der Waals surface area contributed by atoms with Crippen molar-refractivity contribution in [3.8, 4) is 0 Å². The van der Waals surface area contributed by atoms with Crippen molar-refractivity contribution in [2.45, 2.75) is 12.0 Å². The zero-order chi connectivity index (χ0) is 8.11. The van der Waals surface area contributed by atoms with Crippen LogP contribution < -0.4 is 5.73 Å². The maximum Gasteiger partial charge on any atom is 0.134 e. The summed E-state index contributed by atoms with van der Waals surface area (Å²) in [4.78, 5) is 0.